The van der Waals surface area contributed by atoms with Gasteiger partial charge in [-0.15, -0.1) is 0 Å². The Morgan fingerprint density at radius 2 is 1.21 bits per heavy atom. The first-order valence-corrected chi connectivity index (χ1v) is 11.6. The molecule has 1 N–H and O–H groups in total. The van der Waals surface area contributed by atoms with Crippen LogP contribution in [0.2, 0.25) is 13.1 Å². The van der Waals surface area contributed by atoms with Gasteiger partial charge < -0.3 is 5.32 Å². The van der Waals surface area contributed by atoms with E-state index in [1.165, 1.54) is 16.3 Å². The lowest BCUT2D eigenvalue weighted by Gasteiger charge is -2.34. The van der Waals surface area contributed by atoms with Gasteiger partial charge >= 0.3 is 0 Å². The van der Waals surface area contributed by atoms with E-state index in [0.717, 1.165) is 6.54 Å². The fraction of sp³-hybridized carbons (Fsp3) is 0.182. The van der Waals surface area contributed by atoms with E-state index in [9.17, 15) is 0 Å². The minimum absolute atomic E-state index is 0.376. The van der Waals surface area contributed by atoms with Gasteiger partial charge in [-0.2, -0.15) is 0 Å². The standard InChI is InChI=1S/C22H25NSi/c1-24(2,21-16-10-5-11-17-21)22(20-14-8-4-9-15-20)23-18-19-12-6-3-7-13-19/h3-17,22-23H,18H2,1-2H3. The minimum atomic E-state index is -1.71. The normalized spacial score (nSPS) is 12.8. The van der Waals surface area contributed by atoms with Crippen LogP contribution >= 0.6 is 0 Å². The van der Waals surface area contributed by atoms with Crippen LogP contribution in [0.5, 0.6) is 0 Å². The first-order chi connectivity index (χ1) is 11.7. The lowest BCUT2D eigenvalue weighted by atomic mass is 10.2. The van der Waals surface area contributed by atoms with Crippen LogP contribution in [0.25, 0.3) is 0 Å². The first kappa shape index (κ1) is 16.7. The Balaban J connectivity index is 1.90. The van der Waals surface area contributed by atoms with E-state index in [-0.39, 0.29) is 0 Å². The molecule has 0 radical (unpaired) electrons. The van der Waals surface area contributed by atoms with Gasteiger partial charge in [0.15, 0.2) is 0 Å². The maximum absolute atomic E-state index is 3.85. The van der Waals surface area contributed by atoms with Crippen molar-refractivity contribution in [3.63, 3.8) is 0 Å². The SMILES string of the molecule is C[Si](C)(c1ccccc1)C(NCc1ccccc1)c1ccccc1. The first-order valence-electron chi connectivity index (χ1n) is 8.56. The fourth-order valence-corrected chi connectivity index (χ4v) is 6.31. The third-order valence-electron chi connectivity index (χ3n) is 4.73. The molecule has 0 spiro atoms. The molecule has 1 nitrogen and oxygen atoms in total. The van der Waals surface area contributed by atoms with Crippen molar-refractivity contribution in [1.29, 1.82) is 0 Å². The summed E-state index contributed by atoms with van der Waals surface area (Å²) in [7, 11) is -1.71. The van der Waals surface area contributed by atoms with Crippen LogP contribution in [0.3, 0.4) is 0 Å². The topological polar surface area (TPSA) is 12.0 Å². The molecule has 0 aromatic heterocycles. The molecule has 1 atom stereocenters. The van der Waals surface area contributed by atoms with Crippen LogP contribution < -0.4 is 10.5 Å². The smallest absolute Gasteiger partial charge is 0.104 e. The van der Waals surface area contributed by atoms with Gasteiger partial charge in [0, 0.05) is 12.2 Å². The highest BCUT2D eigenvalue weighted by Crippen LogP contribution is 2.25. The number of hydrogen-bond donors (Lipinski definition) is 1. The molecule has 2 heteroatoms. The van der Waals surface area contributed by atoms with Crippen LogP contribution in [0.1, 0.15) is 16.8 Å². The van der Waals surface area contributed by atoms with Gasteiger partial charge in [0.25, 0.3) is 0 Å². The largest absolute Gasteiger partial charge is 0.308 e. The highest BCUT2D eigenvalue weighted by atomic mass is 28.3. The van der Waals surface area contributed by atoms with E-state index in [0.29, 0.717) is 5.67 Å². The van der Waals surface area contributed by atoms with Crippen molar-refractivity contribution in [2.24, 2.45) is 0 Å². The molecule has 0 aliphatic carbocycles. The Labute approximate surface area is 146 Å². The summed E-state index contributed by atoms with van der Waals surface area (Å²) in [6.07, 6.45) is 0. The van der Waals surface area contributed by atoms with Crippen molar-refractivity contribution >= 4 is 13.3 Å². The number of hydrogen-bond acceptors (Lipinski definition) is 1. The zero-order valence-electron chi connectivity index (χ0n) is 14.4. The molecule has 3 aromatic rings. The predicted octanol–water partition coefficient (Wildman–Crippen LogP) is 4.67. The van der Waals surface area contributed by atoms with E-state index < -0.39 is 8.07 Å². The van der Waals surface area contributed by atoms with E-state index in [1.807, 2.05) is 0 Å². The minimum Gasteiger partial charge on any atom is -0.308 e. The molecule has 24 heavy (non-hydrogen) atoms. The Morgan fingerprint density at radius 1 is 0.708 bits per heavy atom. The molecule has 122 valence electrons. The van der Waals surface area contributed by atoms with Crippen molar-refractivity contribution in [2.45, 2.75) is 25.3 Å². The molecule has 0 saturated carbocycles. The van der Waals surface area contributed by atoms with Gasteiger partial charge in [0.1, 0.15) is 8.07 Å². The van der Waals surface area contributed by atoms with E-state index >= 15 is 0 Å². The lowest BCUT2D eigenvalue weighted by Crippen LogP contribution is -2.52. The average molecular weight is 332 g/mol. The van der Waals surface area contributed by atoms with Gasteiger partial charge in [0.05, 0.1) is 0 Å². The monoisotopic (exact) mass is 331 g/mol. The molecule has 0 aliphatic heterocycles. The number of benzene rings is 3. The van der Waals surface area contributed by atoms with Gasteiger partial charge in [-0.1, -0.05) is 109 Å². The van der Waals surface area contributed by atoms with Crippen molar-refractivity contribution < 1.29 is 0 Å². The second-order valence-corrected chi connectivity index (χ2v) is 11.4. The molecule has 1 unspecified atom stereocenters. The summed E-state index contributed by atoms with van der Waals surface area (Å²) < 4.78 is 0. The van der Waals surface area contributed by atoms with Crippen molar-refractivity contribution in [2.75, 3.05) is 0 Å². The molecule has 0 amide bonds. The highest BCUT2D eigenvalue weighted by molar-refractivity contribution is 6.90. The van der Waals surface area contributed by atoms with Gasteiger partial charge in [-0.25, -0.2) is 0 Å². The Bertz CT molecular complexity index is 739. The van der Waals surface area contributed by atoms with Crippen LogP contribution in [0, 0.1) is 0 Å². The number of nitrogens with one attached hydrogen (secondary N) is 1. The van der Waals surface area contributed by atoms with Gasteiger partial charge in [0.2, 0.25) is 0 Å². The molecule has 0 aliphatic rings. The van der Waals surface area contributed by atoms with Crippen LogP contribution in [-0.4, -0.2) is 8.07 Å². The van der Waals surface area contributed by atoms with Crippen LogP contribution in [-0.2, 0) is 6.54 Å². The van der Waals surface area contributed by atoms with Gasteiger partial charge in [-0.05, 0) is 11.1 Å². The molecular formula is C22H25NSi. The quantitative estimate of drug-likeness (QED) is 0.647. The second kappa shape index (κ2) is 7.60. The van der Waals surface area contributed by atoms with E-state index in [4.69, 9.17) is 0 Å². The summed E-state index contributed by atoms with van der Waals surface area (Å²) in [5.74, 6) is 0. The molecule has 0 heterocycles. The summed E-state index contributed by atoms with van der Waals surface area (Å²) in [5.41, 5.74) is 3.09. The Hall–Kier alpha value is -2.16. The Kier molecular flexibility index (Phi) is 5.29. The zero-order chi connectivity index (χ0) is 16.8. The molecule has 3 rings (SSSR count). The molecular weight excluding hydrogens is 306 g/mol. The van der Waals surface area contributed by atoms with Crippen molar-refractivity contribution in [3.8, 4) is 0 Å². The zero-order valence-corrected chi connectivity index (χ0v) is 15.4. The van der Waals surface area contributed by atoms with E-state index in [1.54, 1.807) is 0 Å². The average Bonchev–Trinajstić information content (AvgIpc) is 2.64. The van der Waals surface area contributed by atoms with E-state index in [2.05, 4.69) is 109 Å². The summed E-state index contributed by atoms with van der Waals surface area (Å²) in [5, 5.41) is 5.34. The molecule has 3 aromatic carbocycles. The third-order valence-corrected chi connectivity index (χ3v) is 8.53. The van der Waals surface area contributed by atoms with Crippen LogP contribution in [0.15, 0.2) is 91.0 Å². The number of rotatable bonds is 6. The molecule has 0 fully saturated rings. The van der Waals surface area contributed by atoms with Gasteiger partial charge in [-0.3, -0.25) is 0 Å². The molecule has 0 bridgehead atoms. The van der Waals surface area contributed by atoms with Crippen molar-refractivity contribution in [3.05, 3.63) is 102 Å². The third kappa shape index (κ3) is 3.84. The summed E-state index contributed by atoms with van der Waals surface area (Å²) >= 11 is 0. The summed E-state index contributed by atoms with van der Waals surface area (Å²) in [6, 6.07) is 32.5. The fourth-order valence-electron chi connectivity index (χ4n) is 3.29. The summed E-state index contributed by atoms with van der Waals surface area (Å²) in [6.45, 7) is 5.81. The second-order valence-electron chi connectivity index (χ2n) is 6.80. The predicted molar refractivity (Wildman–Crippen MR) is 106 cm³/mol. The molecule has 0 saturated heterocycles. The lowest BCUT2D eigenvalue weighted by molar-refractivity contribution is 0.651. The summed E-state index contributed by atoms with van der Waals surface area (Å²) in [4.78, 5) is 0. The Morgan fingerprint density at radius 3 is 1.79 bits per heavy atom. The van der Waals surface area contributed by atoms with Crippen molar-refractivity contribution in [1.82, 2.24) is 5.32 Å². The maximum atomic E-state index is 3.85. The maximum Gasteiger partial charge on any atom is 0.104 e. The van der Waals surface area contributed by atoms with Crippen LogP contribution in [0.4, 0.5) is 0 Å². The highest BCUT2D eigenvalue weighted by Gasteiger charge is 2.34.